The summed E-state index contributed by atoms with van der Waals surface area (Å²) in [7, 11) is 0. The number of hydrogen-bond donors (Lipinski definition) is 2. The molecule has 3 nitrogen and oxygen atoms in total. The van der Waals surface area contributed by atoms with Gasteiger partial charge in [0.15, 0.2) is 0 Å². The van der Waals surface area contributed by atoms with E-state index in [-0.39, 0.29) is 0 Å². The molecule has 1 heterocycles. The number of aromatic nitrogens is 1. The Morgan fingerprint density at radius 3 is 2.83 bits per heavy atom. The highest BCUT2D eigenvalue weighted by atomic mass is 16.5. The lowest BCUT2D eigenvalue weighted by Gasteiger charge is -2.11. The molecule has 0 saturated carbocycles. The van der Waals surface area contributed by atoms with E-state index in [1.807, 2.05) is 36.5 Å². The van der Waals surface area contributed by atoms with E-state index in [9.17, 15) is 0 Å². The van der Waals surface area contributed by atoms with Crippen LogP contribution in [0.1, 0.15) is 19.5 Å². The van der Waals surface area contributed by atoms with Crippen LogP contribution in [-0.4, -0.2) is 11.6 Å². The van der Waals surface area contributed by atoms with Crippen molar-refractivity contribution in [1.82, 2.24) is 4.98 Å². The van der Waals surface area contributed by atoms with Gasteiger partial charge in [0.05, 0.1) is 13.2 Å². The fourth-order valence-electron chi connectivity index (χ4n) is 1.63. The maximum atomic E-state index is 5.70. The van der Waals surface area contributed by atoms with Crippen LogP contribution in [0.4, 0.5) is 5.69 Å². The second-order valence-electron chi connectivity index (χ2n) is 4.78. The summed E-state index contributed by atoms with van der Waals surface area (Å²) in [6, 6.07) is 12.1. The van der Waals surface area contributed by atoms with Gasteiger partial charge in [-0.15, -0.1) is 0 Å². The smallest absolute Gasteiger partial charge is 0.121 e. The molecule has 0 saturated heterocycles. The third-order valence-corrected chi connectivity index (χ3v) is 2.56. The summed E-state index contributed by atoms with van der Waals surface area (Å²) in [5.74, 6) is 1.46. The lowest BCUT2D eigenvalue weighted by molar-refractivity contribution is 0.271. The molecule has 2 rings (SSSR count). The van der Waals surface area contributed by atoms with Gasteiger partial charge in [-0.25, -0.2) is 0 Å². The first-order valence-corrected chi connectivity index (χ1v) is 6.33. The molecule has 0 spiro atoms. The van der Waals surface area contributed by atoms with Gasteiger partial charge in [-0.05, 0) is 30.2 Å². The Bertz CT molecular complexity index is 463. The van der Waals surface area contributed by atoms with Crippen LogP contribution >= 0.6 is 0 Å². The second kappa shape index (κ2) is 6.15. The van der Waals surface area contributed by atoms with E-state index in [4.69, 9.17) is 4.74 Å². The van der Waals surface area contributed by atoms with Crippen LogP contribution in [0, 0.1) is 5.92 Å². The van der Waals surface area contributed by atoms with Crippen LogP contribution in [0.3, 0.4) is 0 Å². The molecule has 3 heteroatoms. The minimum Gasteiger partial charge on any atom is -0.493 e. The number of ether oxygens (including phenoxy) is 1. The number of nitrogens with one attached hydrogen (secondary N) is 2. The number of aromatic amines is 1. The molecule has 0 fully saturated rings. The molecule has 0 aliphatic rings. The van der Waals surface area contributed by atoms with Crippen molar-refractivity contribution < 1.29 is 4.74 Å². The van der Waals surface area contributed by atoms with Gasteiger partial charge in [-0.3, -0.25) is 0 Å². The summed E-state index contributed by atoms with van der Waals surface area (Å²) in [6.07, 6.45) is 1.93. The minimum atomic E-state index is 0.542. The number of hydrogen-bond acceptors (Lipinski definition) is 2. The SMILES string of the molecule is CC(C)COc1cccc(NCc2ccc[nH]2)c1. The zero-order valence-electron chi connectivity index (χ0n) is 10.9. The second-order valence-corrected chi connectivity index (χ2v) is 4.78. The Morgan fingerprint density at radius 1 is 1.22 bits per heavy atom. The Balaban J connectivity index is 1.90. The van der Waals surface area contributed by atoms with Crippen molar-refractivity contribution in [3.8, 4) is 5.75 Å². The maximum absolute atomic E-state index is 5.70. The highest BCUT2D eigenvalue weighted by molar-refractivity contribution is 5.48. The molecule has 18 heavy (non-hydrogen) atoms. The Hall–Kier alpha value is -1.90. The number of H-pyrrole nitrogens is 1. The summed E-state index contributed by atoms with van der Waals surface area (Å²) in [5.41, 5.74) is 2.24. The van der Waals surface area contributed by atoms with Crippen LogP contribution in [0.15, 0.2) is 42.6 Å². The molecule has 0 unspecified atom stereocenters. The Labute approximate surface area is 108 Å². The largest absolute Gasteiger partial charge is 0.493 e. The van der Waals surface area contributed by atoms with Crippen molar-refractivity contribution in [2.24, 2.45) is 5.92 Å². The van der Waals surface area contributed by atoms with Gasteiger partial charge in [0.1, 0.15) is 5.75 Å². The van der Waals surface area contributed by atoms with Crippen LogP contribution in [0.25, 0.3) is 0 Å². The average Bonchev–Trinajstić information content (AvgIpc) is 2.87. The fraction of sp³-hybridized carbons (Fsp3) is 0.333. The van der Waals surface area contributed by atoms with Gasteiger partial charge >= 0.3 is 0 Å². The van der Waals surface area contributed by atoms with Crippen molar-refractivity contribution in [2.75, 3.05) is 11.9 Å². The summed E-state index contributed by atoms with van der Waals surface area (Å²) >= 11 is 0. The molecular formula is C15H20N2O. The van der Waals surface area contributed by atoms with Gasteiger partial charge in [-0.1, -0.05) is 19.9 Å². The molecule has 0 amide bonds. The predicted molar refractivity (Wildman–Crippen MR) is 74.9 cm³/mol. The van der Waals surface area contributed by atoms with Gasteiger partial charge in [0, 0.05) is 23.6 Å². The first-order valence-electron chi connectivity index (χ1n) is 6.33. The fourth-order valence-corrected chi connectivity index (χ4v) is 1.63. The topological polar surface area (TPSA) is 37.0 Å². The molecular weight excluding hydrogens is 224 g/mol. The highest BCUT2D eigenvalue weighted by Gasteiger charge is 1.99. The van der Waals surface area contributed by atoms with Crippen molar-refractivity contribution in [3.63, 3.8) is 0 Å². The van der Waals surface area contributed by atoms with E-state index >= 15 is 0 Å². The zero-order valence-corrected chi connectivity index (χ0v) is 10.9. The van der Waals surface area contributed by atoms with Crippen molar-refractivity contribution in [3.05, 3.63) is 48.3 Å². The van der Waals surface area contributed by atoms with Crippen LogP contribution < -0.4 is 10.1 Å². The van der Waals surface area contributed by atoms with Crippen molar-refractivity contribution in [2.45, 2.75) is 20.4 Å². The van der Waals surface area contributed by atoms with Gasteiger partial charge in [0.2, 0.25) is 0 Å². The van der Waals surface area contributed by atoms with Gasteiger partial charge < -0.3 is 15.0 Å². The zero-order chi connectivity index (χ0) is 12.8. The van der Waals surface area contributed by atoms with Crippen LogP contribution in [-0.2, 0) is 6.54 Å². The Kier molecular flexibility index (Phi) is 4.29. The normalized spacial score (nSPS) is 10.6. The van der Waals surface area contributed by atoms with E-state index in [1.54, 1.807) is 0 Å². The monoisotopic (exact) mass is 244 g/mol. The summed E-state index contributed by atoms with van der Waals surface area (Å²) in [4.78, 5) is 3.17. The van der Waals surface area contributed by atoms with Gasteiger partial charge in [0.25, 0.3) is 0 Å². The van der Waals surface area contributed by atoms with Gasteiger partial charge in [-0.2, -0.15) is 0 Å². The summed E-state index contributed by atoms with van der Waals surface area (Å²) in [6.45, 7) is 5.83. The molecule has 0 radical (unpaired) electrons. The minimum absolute atomic E-state index is 0.542. The standard InChI is InChI=1S/C15H20N2O/c1-12(2)11-18-15-7-3-5-13(9-15)17-10-14-6-4-8-16-14/h3-9,12,16-17H,10-11H2,1-2H3. The lowest BCUT2D eigenvalue weighted by atomic mass is 10.2. The van der Waals surface area contributed by atoms with E-state index in [0.717, 1.165) is 24.6 Å². The van der Waals surface area contributed by atoms with E-state index in [2.05, 4.69) is 30.2 Å². The van der Waals surface area contributed by atoms with Crippen LogP contribution in [0.2, 0.25) is 0 Å². The Morgan fingerprint density at radius 2 is 2.11 bits per heavy atom. The lowest BCUT2D eigenvalue weighted by Crippen LogP contribution is -2.05. The third kappa shape index (κ3) is 3.84. The van der Waals surface area contributed by atoms with Crippen molar-refractivity contribution >= 4 is 5.69 Å². The quantitative estimate of drug-likeness (QED) is 0.813. The van der Waals surface area contributed by atoms with Crippen LogP contribution in [0.5, 0.6) is 5.75 Å². The maximum Gasteiger partial charge on any atom is 0.121 e. The predicted octanol–water partition coefficient (Wildman–Crippen LogP) is 3.66. The molecule has 0 atom stereocenters. The molecule has 1 aromatic heterocycles. The van der Waals surface area contributed by atoms with E-state index in [0.29, 0.717) is 5.92 Å². The first-order chi connectivity index (χ1) is 8.74. The number of rotatable bonds is 6. The average molecular weight is 244 g/mol. The highest BCUT2D eigenvalue weighted by Crippen LogP contribution is 2.18. The molecule has 0 aliphatic heterocycles. The summed E-state index contributed by atoms with van der Waals surface area (Å²) < 4.78 is 5.70. The molecule has 0 bridgehead atoms. The molecule has 1 aromatic carbocycles. The molecule has 96 valence electrons. The third-order valence-electron chi connectivity index (χ3n) is 2.56. The first kappa shape index (κ1) is 12.6. The van der Waals surface area contributed by atoms with Crippen molar-refractivity contribution in [1.29, 1.82) is 0 Å². The molecule has 2 aromatic rings. The molecule has 2 N–H and O–H groups in total. The van der Waals surface area contributed by atoms with E-state index in [1.165, 1.54) is 5.69 Å². The number of benzene rings is 1. The summed E-state index contributed by atoms with van der Waals surface area (Å²) in [5, 5.41) is 3.36. The molecule has 0 aliphatic carbocycles. The van der Waals surface area contributed by atoms with E-state index < -0.39 is 0 Å². The number of anilines is 1.